The molecule has 106 valence electrons. The third-order valence-electron chi connectivity index (χ3n) is 4.58. The molecular formula is C16H26N2O. The van der Waals surface area contributed by atoms with E-state index >= 15 is 0 Å². The zero-order chi connectivity index (χ0) is 13.9. The summed E-state index contributed by atoms with van der Waals surface area (Å²) in [6.45, 7) is 3.15. The summed E-state index contributed by atoms with van der Waals surface area (Å²) in [4.78, 5) is 0. The average molecular weight is 262 g/mol. The number of benzene rings is 1. The Morgan fingerprint density at radius 3 is 2.63 bits per heavy atom. The van der Waals surface area contributed by atoms with Gasteiger partial charge in [0.1, 0.15) is 5.75 Å². The van der Waals surface area contributed by atoms with Gasteiger partial charge in [0.15, 0.2) is 0 Å². The molecule has 0 aromatic heterocycles. The number of nitrogens with one attached hydrogen (secondary N) is 1. The molecule has 1 atom stereocenters. The molecule has 1 unspecified atom stereocenters. The maximum atomic E-state index is 6.56. The maximum Gasteiger partial charge on any atom is 0.122 e. The van der Waals surface area contributed by atoms with E-state index in [0.717, 1.165) is 18.7 Å². The van der Waals surface area contributed by atoms with Gasteiger partial charge >= 0.3 is 0 Å². The first-order valence-electron chi connectivity index (χ1n) is 7.24. The van der Waals surface area contributed by atoms with Crippen LogP contribution in [-0.4, -0.2) is 20.7 Å². The lowest BCUT2D eigenvalue weighted by Crippen LogP contribution is -2.46. The van der Waals surface area contributed by atoms with Gasteiger partial charge in [-0.05, 0) is 43.5 Å². The van der Waals surface area contributed by atoms with Crippen LogP contribution in [0.4, 0.5) is 0 Å². The SMILES string of the molecule is CCc1cc(C(N)C2(CNC)CCC2)ccc1OC. The summed E-state index contributed by atoms with van der Waals surface area (Å²) >= 11 is 0. The van der Waals surface area contributed by atoms with Crippen molar-refractivity contribution in [2.45, 2.75) is 38.6 Å². The highest BCUT2D eigenvalue weighted by Crippen LogP contribution is 2.49. The fourth-order valence-corrected chi connectivity index (χ4v) is 3.20. The fourth-order valence-electron chi connectivity index (χ4n) is 3.20. The van der Waals surface area contributed by atoms with Crippen molar-refractivity contribution in [1.29, 1.82) is 0 Å². The topological polar surface area (TPSA) is 47.3 Å². The lowest BCUT2D eigenvalue weighted by molar-refractivity contribution is 0.0947. The molecule has 0 radical (unpaired) electrons. The number of aryl methyl sites for hydroxylation is 1. The van der Waals surface area contributed by atoms with Crippen LogP contribution in [0.5, 0.6) is 5.75 Å². The third-order valence-corrected chi connectivity index (χ3v) is 4.58. The molecule has 2 rings (SSSR count). The van der Waals surface area contributed by atoms with Crippen LogP contribution in [0.1, 0.15) is 43.4 Å². The first-order chi connectivity index (χ1) is 9.16. The van der Waals surface area contributed by atoms with Gasteiger partial charge in [0.2, 0.25) is 0 Å². The highest BCUT2D eigenvalue weighted by molar-refractivity contribution is 5.39. The lowest BCUT2D eigenvalue weighted by atomic mass is 9.62. The van der Waals surface area contributed by atoms with Crippen LogP contribution in [0.15, 0.2) is 18.2 Å². The molecule has 1 aliphatic carbocycles. The first-order valence-corrected chi connectivity index (χ1v) is 7.24. The minimum Gasteiger partial charge on any atom is -0.496 e. The molecule has 1 aliphatic rings. The second-order valence-electron chi connectivity index (χ2n) is 5.65. The van der Waals surface area contributed by atoms with E-state index in [1.165, 1.54) is 30.4 Å². The van der Waals surface area contributed by atoms with E-state index in [2.05, 4.69) is 30.4 Å². The van der Waals surface area contributed by atoms with Gasteiger partial charge in [-0.1, -0.05) is 25.5 Å². The smallest absolute Gasteiger partial charge is 0.122 e. The third kappa shape index (κ3) is 2.63. The first kappa shape index (κ1) is 14.4. The van der Waals surface area contributed by atoms with Crippen molar-refractivity contribution < 1.29 is 4.74 Å². The van der Waals surface area contributed by atoms with E-state index in [1.54, 1.807) is 7.11 Å². The van der Waals surface area contributed by atoms with Crippen LogP contribution in [0.3, 0.4) is 0 Å². The molecule has 1 aromatic rings. The molecule has 0 saturated heterocycles. The molecule has 3 nitrogen and oxygen atoms in total. The molecule has 0 amide bonds. The zero-order valence-electron chi connectivity index (χ0n) is 12.3. The van der Waals surface area contributed by atoms with Crippen molar-refractivity contribution in [1.82, 2.24) is 5.32 Å². The van der Waals surface area contributed by atoms with Gasteiger partial charge in [-0.25, -0.2) is 0 Å². The Bertz CT molecular complexity index is 427. The van der Waals surface area contributed by atoms with Crippen molar-refractivity contribution in [3.63, 3.8) is 0 Å². The van der Waals surface area contributed by atoms with Crippen LogP contribution in [-0.2, 0) is 6.42 Å². The van der Waals surface area contributed by atoms with E-state index in [1.807, 2.05) is 7.05 Å². The van der Waals surface area contributed by atoms with E-state index < -0.39 is 0 Å². The molecule has 1 fully saturated rings. The number of ether oxygens (including phenoxy) is 1. The Balaban J connectivity index is 2.25. The van der Waals surface area contributed by atoms with Gasteiger partial charge in [-0.2, -0.15) is 0 Å². The van der Waals surface area contributed by atoms with E-state index in [4.69, 9.17) is 10.5 Å². The summed E-state index contributed by atoms with van der Waals surface area (Å²) in [5.74, 6) is 0.967. The second kappa shape index (κ2) is 5.93. The molecule has 1 aromatic carbocycles. The van der Waals surface area contributed by atoms with E-state index in [0.29, 0.717) is 0 Å². The fraction of sp³-hybridized carbons (Fsp3) is 0.625. The second-order valence-corrected chi connectivity index (χ2v) is 5.65. The van der Waals surface area contributed by atoms with Crippen molar-refractivity contribution in [2.75, 3.05) is 20.7 Å². The molecule has 0 spiro atoms. The predicted molar refractivity (Wildman–Crippen MR) is 79.5 cm³/mol. The van der Waals surface area contributed by atoms with Gasteiger partial charge < -0.3 is 15.8 Å². The van der Waals surface area contributed by atoms with Crippen molar-refractivity contribution in [3.8, 4) is 5.75 Å². The van der Waals surface area contributed by atoms with Crippen molar-refractivity contribution in [2.24, 2.45) is 11.1 Å². The Labute approximate surface area is 116 Å². The number of hydrogen-bond acceptors (Lipinski definition) is 3. The van der Waals surface area contributed by atoms with E-state index in [9.17, 15) is 0 Å². The summed E-state index contributed by atoms with van der Waals surface area (Å²) in [6, 6.07) is 6.52. The summed E-state index contributed by atoms with van der Waals surface area (Å²) in [5.41, 5.74) is 9.29. The normalized spacial score (nSPS) is 18.7. The lowest BCUT2D eigenvalue weighted by Gasteiger charge is -2.46. The Morgan fingerprint density at radius 1 is 1.42 bits per heavy atom. The monoisotopic (exact) mass is 262 g/mol. The minimum atomic E-state index is 0.116. The van der Waals surface area contributed by atoms with Crippen LogP contribution in [0.2, 0.25) is 0 Å². The highest BCUT2D eigenvalue weighted by Gasteiger charge is 2.42. The molecule has 19 heavy (non-hydrogen) atoms. The molecule has 0 bridgehead atoms. The van der Waals surface area contributed by atoms with Gasteiger partial charge in [0, 0.05) is 18.0 Å². The van der Waals surface area contributed by atoms with Crippen LogP contribution in [0, 0.1) is 5.41 Å². The molecule has 0 aliphatic heterocycles. The van der Waals surface area contributed by atoms with Crippen LogP contribution >= 0.6 is 0 Å². The summed E-state index contributed by atoms with van der Waals surface area (Å²) in [5, 5.41) is 3.31. The largest absolute Gasteiger partial charge is 0.496 e. The molecule has 0 heterocycles. The molecule has 3 heteroatoms. The number of nitrogens with two attached hydrogens (primary N) is 1. The summed E-state index contributed by atoms with van der Waals surface area (Å²) in [6.07, 6.45) is 4.72. The van der Waals surface area contributed by atoms with Gasteiger partial charge in [-0.15, -0.1) is 0 Å². The summed E-state index contributed by atoms with van der Waals surface area (Å²) < 4.78 is 5.39. The average Bonchev–Trinajstić information content (AvgIpc) is 2.41. The van der Waals surface area contributed by atoms with Crippen LogP contribution in [0.25, 0.3) is 0 Å². The predicted octanol–water partition coefficient (Wildman–Crippen LogP) is 2.65. The Morgan fingerprint density at radius 2 is 2.16 bits per heavy atom. The molecular weight excluding hydrogens is 236 g/mol. The van der Waals surface area contributed by atoms with Crippen molar-refractivity contribution in [3.05, 3.63) is 29.3 Å². The van der Waals surface area contributed by atoms with Crippen molar-refractivity contribution >= 4 is 0 Å². The number of rotatable bonds is 6. The number of hydrogen-bond donors (Lipinski definition) is 2. The Kier molecular flexibility index (Phi) is 4.48. The standard InChI is InChI=1S/C16H26N2O/c1-4-12-10-13(6-7-14(12)19-3)15(17)16(11-18-2)8-5-9-16/h6-7,10,15,18H,4-5,8-9,11,17H2,1-3H3. The molecule has 3 N–H and O–H groups in total. The van der Waals surface area contributed by atoms with Gasteiger partial charge in [0.25, 0.3) is 0 Å². The quantitative estimate of drug-likeness (QED) is 0.828. The minimum absolute atomic E-state index is 0.116. The van der Waals surface area contributed by atoms with Crippen LogP contribution < -0.4 is 15.8 Å². The van der Waals surface area contributed by atoms with Gasteiger partial charge in [-0.3, -0.25) is 0 Å². The highest BCUT2D eigenvalue weighted by atomic mass is 16.5. The van der Waals surface area contributed by atoms with Gasteiger partial charge in [0.05, 0.1) is 7.11 Å². The van der Waals surface area contributed by atoms with E-state index in [-0.39, 0.29) is 11.5 Å². The summed E-state index contributed by atoms with van der Waals surface area (Å²) in [7, 11) is 3.74. The zero-order valence-corrected chi connectivity index (χ0v) is 12.3. The molecule has 1 saturated carbocycles. The maximum absolute atomic E-state index is 6.56. The Hall–Kier alpha value is -1.06. The number of methoxy groups -OCH3 is 1.